The molecular formula is C10H11ClO2. The predicted molar refractivity (Wildman–Crippen MR) is 52.2 cm³/mol. The van der Waals surface area contributed by atoms with E-state index in [0.717, 1.165) is 11.8 Å². The monoisotopic (exact) mass is 198 g/mol. The number of hydrogen-bond acceptors (Lipinski definition) is 2. The van der Waals surface area contributed by atoms with Gasteiger partial charge in [0.05, 0.1) is 0 Å². The number of halogens is 1. The van der Waals surface area contributed by atoms with Gasteiger partial charge in [0.15, 0.2) is 0 Å². The normalized spacial score (nSPS) is 10.0. The van der Waals surface area contributed by atoms with Gasteiger partial charge in [-0.1, -0.05) is 17.7 Å². The number of aldehydes is 1. The molecule has 0 fully saturated rings. The van der Waals surface area contributed by atoms with Crippen LogP contribution in [0.25, 0.3) is 0 Å². The molecule has 1 aromatic rings. The number of rotatable bonds is 3. The summed E-state index contributed by atoms with van der Waals surface area (Å²) >= 11 is 5.86. The first-order valence-electron chi connectivity index (χ1n) is 4.07. The molecule has 1 N–H and O–H groups in total. The highest BCUT2D eigenvalue weighted by Gasteiger charge is 2.07. The highest BCUT2D eigenvalue weighted by molar-refractivity contribution is 6.31. The van der Waals surface area contributed by atoms with Gasteiger partial charge in [0, 0.05) is 17.0 Å². The van der Waals surface area contributed by atoms with Gasteiger partial charge < -0.3 is 9.90 Å². The summed E-state index contributed by atoms with van der Waals surface area (Å²) in [6.07, 6.45) is 1.70. The van der Waals surface area contributed by atoms with Gasteiger partial charge >= 0.3 is 0 Å². The molecule has 70 valence electrons. The molecule has 0 atom stereocenters. The highest BCUT2D eigenvalue weighted by atomic mass is 35.5. The van der Waals surface area contributed by atoms with Gasteiger partial charge in [0.2, 0.25) is 0 Å². The van der Waals surface area contributed by atoms with Crippen molar-refractivity contribution in [2.24, 2.45) is 0 Å². The minimum atomic E-state index is 0.203. The molecule has 3 heteroatoms. The maximum absolute atomic E-state index is 10.2. The van der Waals surface area contributed by atoms with Crippen LogP contribution in [0.5, 0.6) is 5.75 Å². The molecule has 0 aromatic heterocycles. The quantitative estimate of drug-likeness (QED) is 0.758. The minimum Gasteiger partial charge on any atom is -0.507 e. The lowest BCUT2D eigenvalue weighted by Gasteiger charge is -2.07. The summed E-state index contributed by atoms with van der Waals surface area (Å²) in [4.78, 5) is 10.2. The maximum Gasteiger partial charge on any atom is 0.123 e. The average Bonchev–Trinajstić information content (AvgIpc) is 2.12. The van der Waals surface area contributed by atoms with E-state index in [0.29, 0.717) is 23.4 Å². The van der Waals surface area contributed by atoms with Gasteiger partial charge in [0.1, 0.15) is 12.0 Å². The van der Waals surface area contributed by atoms with Crippen LogP contribution in [0.4, 0.5) is 0 Å². The Bertz CT molecular complexity index is 321. The molecule has 1 aromatic carbocycles. The second kappa shape index (κ2) is 4.28. The zero-order chi connectivity index (χ0) is 9.84. The zero-order valence-corrected chi connectivity index (χ0v) is 8.14. The fourth-order valence-electron chi connectivity index (χ4n) is 1.17. The highest BCUT2D eigenvalue weighted by Crippen LogP contribution is 2.29. The number of phenolic OH excluding ortho intramolecular Hbond substituents is 1. The molecule has 0 aliphatic heterocycles. The van der Waals surface area contributed by atoms with E-state index < -0.39 is 0 Å². The van der Waals surface area contributed by atoms with Crippen molar-refractivity contribution in [3.8, 4) is 5.75 Å². The summed E-state index contributed by atoms with van der Waals surface area (Å²) in [7, 11) is 0. The zero-order valence-electron chi connectivity index (χ0n) is 7.38. The Morgan fingerprint density at radius 3 is 2.85 bits per heavy atom. The number of benzene rings is 1. The van der Waals surface area contributed by atoms with Gasteiger partial charge in [-0.25, -0.2) is 0 Å². The summed E-state index contributed by atoms with van der Waals surface area (Å²) in [5, 5.41) is 10.1. The van der Waals surface area contributed by atoms with E-state index in [1.54, 1.807) is 19.1 Å². The number of aromatic hydroxyl groups is 1. The lowest BCUT2D eigenvalue weighted by Crippen LogP contribution is -1.90. The van der Waals surface area contributed by atoms with E-state index in [1.807, 2.05) is 0 Å². The molecule has 0 saturated heterocycles. The van der Waals surface area contributed by atoms with Crippen molar-refractivity contribution in [1.29, 1.82) is 0 Å². The van der Waals surface area contributed by atoms with E-state index >= 15 is 0 Å². The lowest BCUT2D eigenvalue weighted by atomic mass is 10.1. The smallest absolute Gasteiger partial charge is 0.123 e. The van der Waals surface area contributed by atoms with Crippen molar-refractivity contribution >= 4 is 17.9 Å². The van der Waals surface area contributed by atoms with E-state index in [2.05, 4.69) is 0 Å². The Hall–Kier alpha value is -1.02. The molecule has 13 heavy (non-hydrogen) atoms. The molecule has 2 nitrogen and oxygen atoms in total. The number of hydrogen-bond donors (Lipinski definition) is 1. The van der Waals surface area contributed by atoms with Crippen molar-refractivity contribution in [2.75, 3.05) is 0 Å². The van der Waals surface area contributed by atoms with Crippen molar-refractivity contribution < 1.29 is 9.90 Å². The Balaban J connectivity index is 3.02. The third kappa shape index (κ3) is 2.22. The maximum atomic E-state index is 10.2. The SMILES string of the molecule is Cc1ccc(Cl)c(CCC=O)c1O. The van der Waals surface area contributed by atoms with Gasteiger partial charge in [-0.2, -0.15) is 0 Å². The largest absolute Gasteiger partial charge is 0.507 e. The van der Waals surface area contributed by atoms with Crippen LogP contribution in [0.1, 0.15) is 17.5 Å². The van der Waals surface area contributed by atoms with Crippen LogP contribution in [0.15, 0.2) is 12.1 Å². The molecular weight excluding hydrogens is 188 g/mol. The molecule has 1 rings (SSSR count). The number of aryl methyl sites for hydroxylation is 1. The molecule has 0 unspecified atom stereocenters. The minimum absolute atomic E-state index is 0.203. The van der Waals surface area contributed by atoms with E-state index in [1.165, 1.54) is 0 Å². The van der Waals surface area contributed by atoms with E-state index in [-0.39, 0.29) is 5.75 Å². The van der Waals surface area contributed by atoms with Crippen LogP contribution in [-0.4, -0.2) is 11.4 Å². The first-order chi connectivity index (χ1) is 6.16. The Morgan fingerprint density at radius 2 is 2.23 bits per heavy atom. The van der Waals surface area contributed by atoms with Crippen molar-refractivity contribution in [3.63, 3.8) is 0 Å². The summed E-state index contributed by atoms with van der Waals surface area (Å²) < 4.78 is 0. The summed E-state index contributed by atoms with van der Waals surface area (Å²) in [6, 6.07) is 3.48. The molecule has 0 amide bonds. The molecule has 0 aliphatic carbocycles. The Kier molecular flexibility index (Phi) is 3.32. The van der Waals surface area contributed by atoms with Crippen LogP contribution in [0.3, 0.4) is 0 Å². The summed E-state index contributed by atoms with van der Waals surface area (Å²) in [5.41, 5.74) is 1.44. The van der Waals surface area contributed by atoms with E-state index in [9.17, 15) is 9.90 Å². The second-order valence-electron chi connectivity index (χ2n) is 2.90. The van der Waals surface area contributed by atoms with Crippen molar-refractivity contribution in [3.05, 3.63) is 28.3 Å². The number of phenols is 1. The third-order valence-corrected chi connectivity index (χ3v) is 2.29. The van der Waals surface area contributed by atoms with Crippen LogP contribution in [0.2, 0.25) is 5.02 Å². The van der Waals surface area contributed by atoms with Crippen LogP contribution in [0, 0.1) is 6.92 Å². The fraction of sp³-hybridized carbons (Fsp3) is 0.300. The first kappa shape index (κ1) is 10.1. The van der Waals surface area contributed by atoms with Crippen LogP contribution in [-0.2, 0) is 11.2 Å². The average molecular weight is 199 g/mol. The Labute approximate surface area is 82.2 Å². The van der Waals surface area contributed by atoms with Crippen molar-refractivity contribution in [2.45, 2.75) is 19.8 Å². The van der Waals surface area contributed by atoms with Crippen LogP contribution < -0.4 is 0 Å². The van der Waals surface area contributed by atoms with Gasteiger partial charge in [0.25, 0.3) is 0 Å². The number of carbonyl (C=O) groups is 1. The summed E-state index contributed by atoms with van der Waals surface area (Å²) in [6.45, 7) is 1.80. The lowest BCUT2D eigenvalue weighted by molar-refractivity contribution is -0.107. The topological polar surface area (TPSA) is 37.3 Å². The molecule has 0 bridgehead atoms. The standard InChI is InChI=1S/C10H11ClO2/c1-7-4-5-9(11)8(10(7)13)3-2-6-12/h4-6,13H,2-3H2,1H3. The second-order valence-corrected chi connectivity index (χ2v) is 3.30. The van der Waals surface area contributed by atoms with Gasteiger partial charge in [-0.15, -0.1) is 0 Å². The van der Waals surface area contributed by atoms with Gasteiger partial charge in [-0.3, -0.25) is 0 Å². The molecule has 0 spiro atoms. The predicted octanol–water partition coefficient (Wildman–Crippen LogP) is 2.49. The molecule has 0 heterocycles. The fourth-order valence-corrected chi connectivity index (χ4v) is 1.42. The summed E-state index contributed by atoms with van der Waals surface area (Å²) in [5.74, 6) is 0.203. The number of carbonyl (C=O) groups excluding carboxylic acids is 1. The molecule has 0 aliphatic rings. The Morgan fingerprint density at radius 1 is 1.54 bits per heavy atom. The third-order valence-electron chi connectivity index (χ3n) is 1.94. The first-order valence-corrected chi connectivity index (χ1v) is 4.45. The molecule has 0 saturated carbocycles. The van der Waals surface area contributed by atoms with Crippen molar-refractivity contribution in [1.82, 2.24) is 0 Å². The van der Waals surface area contributed by atoms with E-state index in [4.69, 9.17) is 11.6 Å². The van der Waals surface area contributed by atoms with Crippen LogP contribution >= 0.6 is 11.6 Å². The van der Waals surface area contributed by atoms with Gasteiger partial charge in [-0.05, 0) is 25.0 Å². The molecule has 0 radical (unpaired) electrons.